The van der Waals surface area contributed by atoms with Gasteiger partial charge < -0.3 is 0 Å². The van der Waals surface area contributed by atoms with Crippen molar-refractivity contribution in [2.75, 3.05) is 10.7 Å². The Morgan fingerprint density at radius 3 is 2.35 bits per heavy atom. The first-order chi connectivity index (χ1) is 9.34. The van der Waals surface area contributed by atoms with E-state index in [1.165, 1.54) is 11.8 Å². The number of thioether (sulfide) groups is 1. The molecule has 1 saturated heterocycles. The number of halogens is 3. The topological polar surface area (TPSA) is 37.4 Å². The molecule has 0 aromatic heterocycles. The minimum atomic E-state index is -4.43. The predicted molar refractivity (Wildman–Crippen MR) is 70.5 cm³/mol. The fraction of sp³-hybridized carbons (Fsp3) is 0.385. The molecular weight excluding hydrogens is 291 g/mol. The summed E-state index contributed by atoms with van der Waals surface area (Å²) in [5.74, 6) is -0.0350. The number of carbonyl (C=O) groups is 2. The Balaban J connectivity index is 2.24. The van der Waals surface area contributed by atoms with Crippen LogP contribution in [0.1, 0.15) is 18.9 Å². The summed E-state index contributed by atoms with van der Waals surface area (Å²) >= 11 is 1.36. The lowest BCUT2D eigenvalue weighted by Crippen LogP contribution is -2.31. The van der Waals surface area contributed by atoms with Crippen LogP contribution in [0, 0.1) is 0 Å². The monoisotopic (exact) mass is 303 g/mol. The highest BCUT2D eigenvalue weighted by molar-refractivity contribution is 8.00. The Morgan fingerprint density at radius 2 is 1.85 bits per heavy atom. The molecule has 2 rings (SSSR count). The van der Waals surface area contributed by atoms with Crippen LogP contribution in [0.2, 0.25) is 0 Å². The third-order valence-corrected chi connectivity index (χ3v) is 4.03. The van der Waals surface area contributed by atoms with E-state index in [-0.39, 0.29) is 23.9 Å². The van der Waals surface area contributed by atoms with Crippen LogP contribution in [0.25, 0.3) is 0 Å². The van der Waals surface area contributed by atoms with Gasteiger partial charge in [-0.05, 0) is 30.0 Å². The minimum Gasteiger partial charge on any atom is -0.274 e. The molecule has 0 N–H and O–H groups in total. The second-order valence-corrected chi connectivity index (χ2v) is 5.74. The van der Waals surface area contributed by atoms with Crippen LogP contribution in [0.15, 0.2) is 24.3 Å². The van der Waals surface area contributed by atoms with E-state index in [2.05, 4.69) is 0 Å². The Kier molecular flexibility index (Phi) is 4.08. The molecule has 7 heteroatoms. The molecule has 20 heavy (non-hydrogen) atoms. The molecule has 3 nitrogen and oxygen atoms in total. The van der Waals surface area contributed by atoms with Gasteiger partial charge in [-0.15, -0.1) is 11.8 Å². The zero-order chi connectivity index (χ0) is 14.9. The number of amides is 2. The van der Waals surface area contributed by atoms with E-state index >= 15 is 0 Å². The number of alkyl halides is 3. The van der Waals surface area contributed by atoms with Gasteiger partial charge in [-0.2, -0.15) is 13.2 Å². The summed E-state index contributed by atoms with van der Waals surface area (Å²) in [6.07, 6.45) is -4.34. The Bertz CT molecular complexity index is 527. The quantitative estimate of drug-likeness (QED) is 0.805. The van der Waals surface area contributed by atoms with Crippen molar-refractivity contribution in [1.82, 2.24) is 0 Å². The van der Waals surface area contributed by atoms with E-state index in [4.69, 9.17) is 0 Å². The van der Waals surface area contributed by atoms with Crippen molar-refractivity contribution in [3.05, 3.63) is 29.8 Å². The van der Waals surface area contributed by atoms with Gasteiger partial charge in [0.05, 0.1) is 16.5 Å². The highest BCUT2D eigenvalue weighted by atomic mass is 32.2. The van der Waals surface area contributed by atoms with Crippen LogP contribution in [-0.2, 0) is 15.8 Å². The zero-order valence-corrected chi connectivity index (χ0v) is 11.4. The lowest BCUT2D eigenvalue weighted by Gasteiger charge is -2.15. The summed E-state index contributed by atoms with van der Waals surface area (Å²) in [6, 6.07) is 4.04. The van der Waals surface area contributed by atoms with Crippen molar-refractivity contribution in [1.29, 1.82) is 0 Å². The minimum absolute atomic E-state index is 0.0956. The number of nitrogens with zero attached hydrogens (tertiary/aromatic N) is 1. The van der Waals surface area contributed by atoms with Gasteiger partial charge in [0.15, 0.2) is 0 Å². The van der Waals surface area contributed by atoms with Crippen molar-refractivity contribution in [2.24, 2.45) is 0 Å². The average Bonchev–Trinajstić information content (AvgIpc) is 2.64. The number of hydrogen-bond acceptors (Lipinski definition) is 3. The highest BCUT2D eigenvalue weighted by Crippen LogP contribution is 2.33. The van der Waals surface area contributed by atoms with Gasteiger partial charge in [-0.3, -0.25) is 9.59 Å². The molecule has 1 aliphatic heterocycles. The molecule has 1 unspecified atom stereocenters. The van der Waals surface area contributed by atoms with E-state index < -0.39 is 17.0 Å². The standard InChI is InChI=1S/C13H12F3NO2S/c1-2-20-10-7-11(18)17(12(10)19)9-5-3-8(4-6-9)13(14,15)16/h3-6,10H,2,7H2,1H3. The summed E-state index contributed by atoms with van der Waals surface area (Å²) in [4.78, 5) is 24.8. The van der Waals surface area contributed by atoms with Crippen molar-refractivity contribution in [3.63, 3.8) is 0 Å². The molecule has 1 fully saturated rings. The Hall–Kier alpha value is -1.50. The maximum Gasteiger partial charge on any atom is 0.416 e. The predicted octanol–water partition coefficient (Wildman–Crippen LogP) is 3.09. The average molecular weight is 303 g/mol. The second kappa shape index (κ2) is 5.47. The molecule has 0 aliphatic carbocycles. The van der Waals surface area contributed by atoms with Gasteiger partial charge >= 0.3 is 6.18 Å². The molecule has 0 radical (unpaired) electrons. The largest absolute Gasteiger partial charge is 0.416 e. The first kappa shape index (κ1) is 14.9. The van der Waals surface area contributed by atoms with Gasteiger partial charge in [0.1, 0.15) is 0 Å². The van der Waals surface area contributed by atoms with E-state index in [1.54, 1.807) is 0 Å². The van der Waals surface area contributed by atoms with Crippen molar-refractivity contribution >= 4 is 29.3 Å². The highest BCUT2D eigenvalue weighted by Gasteiger charge is 2.39. The summed E-state index contributed by atoms with van der Waals surface area (Å²) in [6.45, 7) is 1.88. The van der Waals surface area contributed by atoms with E-state index in [1.807, 2.05) is 6.92 Å². The van der Waals surface area contributed by atoms with Crippen LogP contribution in [0.3, 0.4) is 0 Å². The van der Waals surface area contributed by atoms with E-state index in [0.717, 1.165) is 29.2 Å². The molecule has 1 aromatic rings. The van der Waals surface area contributed by atoms with E-state index in [0.29, 0.717) is 5.75 Å². The molecule has 1 heterocycles. The fourth-order valence-corrected chi connectivity index (χ4v) is 2.92. The molecule has 0 saturated carbocycles. The number of rotatable bonds is 3. The van der Waals surface area contributed by atoms with Crippen molar-refractivity contribution < 1.29 is 22.8 Å². The fourth-order valence-electron chi connectivity index (χ4n) is 2.01. The van der Waals surface area contributed by atoms with Crippen molar-refractivity contribution in [2.45, 2.75) is 24.8 Å². The number of hydrogen-bond donors (Lipinski definition) is 0. The maximum absolute atomic E-state index is 12.5. The van der Waals surface area contributed by atoms with Crippen LogP contribution < -0.4 is 4.90 Å². The molecule has 1 atom stereocenters. The van der Waals surface area contributed by atoms with Gasteiger partial charge in [-0.25, -0.2) is 4.90 Å². The van der Waals surface area contributed by atoms with Crippen LogP contribution in [-0.4, -0.2) is 22.8 Å². The van der Waals surface area contributed by atoms with Crippen LogP contribution in [0.4, 0.5) is 18.9 Å². The van der Waals surface area contributed by atoms with Gasteiger partial charge in [0.2, 0.25) is 11.8 Å². The first-order valence-electron chi connectivity index (χ1n) is 6.00. The third kappa shape index (κ3) is 2.82. The van der Waals surface area contributed by atoms with Gasteiger partial charge in [0.25, 0.3) is 0 Å². The summed E-state index contributed by atoms with van der Waals surface area (Å²) < 4.78 is 37.4. The Morgan fingerprint density at radius 1 is 1.25 bits per heavy atom. The van der Waals surface area contributed by atoms with Crippen LogP contribution >= 0.6 is 11.8 Å². The van der Waals surface area contributed by atoms with Crippen molar-refractivity contribution in [3.8, 4) is 0 Å². The number of imide groups is 1. The SMILES string of the molecule is CCSC1CC(=O)N(c2ccc(C(F)(F)F)cc2)C1=O. The first-order valence-corrected chi connectivity index (χ1v) is 7.05. The zero-order valence-electron chi connectivity index (χ0n) is 10.6. The third-order valence-electron chi connectivity index (χ3n) is 2.93. The lowest BCUT2D eigenvalue weighted by molar-refractivity contribution is -0.137. The molecule has 2 amide bonds. The molecule has 0 bridgehead atoms. The smallest absolute Gasteiger partial charge is 0.274 e. The number of benzene rings is 1. The normalized spacial score (nSPS) is 19.8. The van der Waals surface area contributed by atoms with Crippen LogP contribution in [0.5, 0.6) is 0 Å². The summed E-state index contributed by atoms with van der Waals surface area (Å²) in [5.41, 5.74) is -0.618. The molecule has 0 spiro atoms. The lowest BCUT2D eigenvalue weighted by atomic mass is 10.2. The van der Waals surface area contributed by atoms with Gasteiger partial charge in [-0.1, -0.05) is 6.92 Å². The van der Waals surface area contributed by atoms with E-state index in [9.17, 15) is 22.8 Å². The van der Waals surface area contributed by atoms with Gasteiger partial charge in [0, 0.05) is 6.42 Å². The second-order valence-electron chi connectivity index (χ2n) is 4.26. The number of anilines is 1. The number of carbonyl (C=O) groups excluding carboxylic acids is 2. The maximum atomic E-state index is 12.5. The molecule has 1 aliphatic rings. The summed E-state index contributed by atoms with van der Waals surface area (Å²) in [7, 11) is 0. The molecule has 1 aromatic carbocycles. The molecule has 108 valence electrons. The molecular formula is C13H12F3NO2S. The Labute approximate surface area is 118 Å². The summed E-state index contributed by atoms with van der Waals surface area (Å²) in [5, 5.41) is -0.435.